The van der Waals surface area contributed by atoms with Crippen LogP contribution in [0.2, 0.25) is 0 Å². The molecule has 1 atom stereocenters. The van der Waals surface area contributed by atoms with Gasteiger partial charge in [0.2, 0.25) is 0 Å². The Morgan fingerprint density at radius 3 is 2.32 bits per heavy atom. The molecule has 0 bridgehead atoms. The van der Waals surface area contributed by atoms with E-state index < -0.39 is 0 Å². The number of hydrogen-bond donors (Lipinski definition) is 1. The van der Waals surface area contributed by atoms with Crippen molar-refractivity contribution in [1.29, 1.82) is 0 Å². The van der Waals surface area contributed by atoms with E-state index in [1.807, 2.05) is 12.1 Å². The molecule has 0 radical (unpaired) electrons. The number of methoxy groups -OCH3 is 1. The third kappa shape index (κ3) is 4.75. The molecule has 0 heterocycles. The third-order valence-corrected chi connectivity index (χ3v) is 3.79. The molecule has 1 aromatic carbocycles. The molecule has 0 aromatic heterocycles. The van der Waals surface area contributed by atoms with Crippen molar-refractivity contribution in [2.24, 2.45) is 5.41 Å². The van der Waals surface area contributed by atoms with E-state index in [4.69, 9.17) is 4.74 Å². The van der Waals surface area contributed by atoms with Crippen LogP contribution in [0, 0.1) is 5.41 Å². The van der Waals surface area contributed by atoms with E-state index in [1.54, 1.807) is 7.11 Å². The van der Waals surface area contributed by atoms with Crippen LogP contribution in [0.15, 0.2) is 24.3 Å². The quantitative estimate of drug-likeness (QED) is 0.780. The van der Waals surface area contributed by atoms with Gasteiger partial charge in [-0.15, -0.1) is 0 Å². The lowest BCUT2D eigenvalue weighted by molar-refractivity contribution is 0.302. The van der Waals surface area contributed by atoms with Crippen molar-refractivity contribution in [1.82, 2.24) is 5.32 Å². The highest BCUT2D eigenvalue weighted by atomic mass is 16.5. The third-order valence-electron chi connectivity index (χ3n) is 3.79. The monoisotopic (exact) mass is 264 g/mol. The van der Waals surface area contributed by atoms with Gasteiger partial charge in [-0.2, -0.15) is 0 Å². The van der Waals surface area contributed by atoms with Crippen LogP contribution in [-0.4, -0.2) is 33.8 Å². The number of rotatable bonds is 8. The second-order valence-electron chi connectivity index (χ2n) is 5.50. The standard InChI is InChI=1S/C16H28N2O/c1-6-16(3,12-17-7-2)13-18(4)14-8-10-15(19-5)11-9-14/h8-11,17H,6-7,12-13H2,1-5H3. The van der Waals surface area contributed by atoms with E-state index in [0.717, 1.165) is 25.4 Å². The molecule has 1 rings (SSSR count). The summed E-state index contributed by atoms with van der Waals surface area (Å²) in [6.45, 7) is 9.89. The first kappa shape index (κ1) is 15.8. The lowest BCUT2D eigenvalue weighted by atomic mass is 9.86. The van der Waals surface area contributed by atoms with E-state index >= 15 is 0 Å². The molecule has 108 valence electrons. The molecular formula is C16H28N2O. The van der Waals surface area contributed by atoms with Crippen molar-refractivity contribution in [3.05, 3.63) is 24.3 Å². The Kier molecular flexibility index (Phi) is 6.16. The fourth-order valence-corrected chi connectivity index (χ4v) is 2.22. The Hall–Kier alpha value is -1.22. The lowest BCUT2D eigenvalue weighted by Crippen LogP contribution is -2.40. The highest BCUT2D eigenvalue weighted by Crippen LogP contribution is 2.25. The van der Waals surface area contributed by atoms with Crippen LogP contribution in [0.3, 0.4) is 0 Å². The summed E-state index contributed by atoms with van der Waals surface area (Å²) in [5.74, 6) is 0.906. The summed E-state index contributed by atoms with van der Waals surface area (Å²) in [6, 6.07) is 8.25. The van der Waals surface area contributed by atoms with Crippen LogP contribution in [0.5, 0.6) is 5.75 Å². The summed E-state index contributed by atoms with van der Waals surface area (Å²) in [6.07, 6.45) is 1.17. The molecule has 0 saturated heterocycles. The Morgan fingerprint density at radius 2 is 1.84 bits per heavy atom. The minimum Gasteiger partial charge on any atom is -0.497 e. The molecule has 0 saturated carbocycles. The first-order chi connectivity index (χ1) is 9.04. The van der Waals surface area contributed by atoms with Crippen LogP contribution in [0.4, 0.5) is 5.69 Å². The van der Waals surface area contributed by atoms with Crippen molar-refractivity contribution in [2.45, 2.75) is 27.2 Å². The van der Waals surface area contributed by atoms with Gasteiger partial charge in [0, 0.05) is 25.8 Å². The average molecular weight is 264 g/mol. The summed E-state index contributed by atoms with van der Waals surface area (Å²) in [5, 5.41) is 3.47. The molecule has 0 aliphatic rings. The van der Waals surface area contributed by atoms with Crippen molar-refractivity contribution >= 4 is 5.69 Å². The Morgan fingerprint density at radius 1 is 1.21 bits per heavy atom. The van der Waals surface area contributed by atoms with Crippen LogP contribution >= 0.6 is 0 Å². The van der Waals surface area contributed by atoms with E-state index in [9.17, 15) is 0 Å². The van der Waals surface area contributed by atoms with Crippen molar-refractivity contribution in [2.75, 3.05) is 38.7 Å². The molecule has 0 spiro atoms. The number of benzene rings is 1. The average Bonchev–Trinajstić information content (AvgIpc) is 2.45. The zero-order valence-corrected chi connectivity index (χ0v) is 13.0. The maximum Gasteiger partial charge on any atom is 0.119 e. The first-order valence-electron chi connectivity index (χ1n) is 7.10. The van der Waals surface area contributed by atoms with E-state index in [0.29, 0.717) is 5.41 Å². The van der Waals surface area contributed by atoms with Gasteiger partial charge in [-0.3, -0.25) is 0 Å². The van der Waals surface area contributed by atoms with Gasteiger partial charge < -0.3 is 15.0 Å². The number of nitrogens with one attached hydrogen (secondary N) is 1. The summed E-state index contributed by atoms with van der Waals surface area (Å²) >= 11 is 0. The highest BCUT2D eigenvalue weighted by Gasteiger charge is 2.23. The smallest absolute Gasteiger partial charge is 0.119 e. The Balaban J connectivity index is 2.67. The predicted molar refractivity (Wildman–Crippen MR) is 83.2 cm³/mol. The van der Waals surface area contributed by atoms with Crippen LogP contribution in [-0.2, 0) is 0 Å². The summed E-state index contributed by atoms with van der Waals surface area (Å²) in [5.41, 5.74) is 1.53. The van der Waals surface area contributed by atoms with Gasteiger partial charge in [0.25, 0.3) is 0 Å². The molecule has 0 aliphatic heterocycles. The topological polar surface area (TPSA) is 24.5 Å². The molecule has 0 aliphatic carbocycles. The normalized spacial score (nSPS) is 13.9. The van der Waals surface area contributed by atoms with Crippen molar-refractivity contribution in [3.63, 3.8) is 0 Å². The SMILES string of the molecule is CCNCC(C)(CC)CN(C)c1ccc(OC)cc1. The molecule has 1 aromatic rings. The summed E-state index contributed by atoms with van der Waals surface area (Å²) in [7, 11) is 3.85. The fourth-order valence-electron chi connectivity index (χ4n) is 2.22. The second-order valence-corrected chi connectivity index (χ2v) is 5.50. The summed E-state index contributed by atoms with van der Waals surface area (Å²) in [4.78, 5) is 2.32. The molecular weight excluding hydrogens is 236 g/mol. The zero-order valence-electron chi connectivity index (χ0n) is 13.0. The number of hydrogen-bond acceptors (Lipinski definition) is 3. The maximum absolute atomic E-state index is 5.20. The molecule has 0 fully saturated rings. The van der Waals surface area contributed by atoms with Gasteiger partial charge in [0.05, 0.1) is 7.11 Å². The summed E-state index contributed by atoms with van der Waals surface area (Å²) < 4.78 is 5.20. The Labute approximate surface area is 118 Å². The van der Waals surface area contributed by atoms with Crippen molar-refractivity contribution < 1.29 is 4.74 Å². The lowest BCUT2D eigenvalue weighted by Gasteiger charge is -2.34. The Bertz CT molecular complexity index is 364. The minimum absolute atomic E-state index is 0.296. The molecule has 3 heteroatoms. The number of nitrogens with zero attached hydrogens (tertiary/aromatic N) is 1. The second kappa shape index (κ2) is 7.39. The molecule has 1 N–H and O–H groups in total. The van der Waals surface area contributed by atoms with Crippen LogP contribution < -0.4 is 15.0 Å². The molecule has 19 heavy (non-hydrogen) atoms. The molecule has 1 unspecified atom stereocenters. The number of anilines is 1. The van der Waals surface area contributed by atoms with Crippen LogP contribution in [0.25, 0.3) is 0 Å². The van der Waals surface area contributed by atoms with Gasteiger partial charge in [0.1, 0.15) is 5.75 Å². The van der Waals surface area contributed by atoms with E-state index in [2.05, 4.69) is 50.2 Å². The van der Waals surface area contributed by atoms with Gasteiger partial charge >= 0.3 is 0 Å². The van der Waals surface area contributed by atoms with Gasteiger partial charge in [0.15, 0.2) is 0 Å². The van der Waals surface area contributed by atoms with Gasteiger partial charge in [-0.1, -0.05) is 20.8 Å². The van der Waals surface area contributed by atoms with E-state index in [-0.39, 0.29) is 0 Å². The van der Waals surface area contributed by atoms with Gasteiger partial charge in [-0.05, 0) is 42.6 Å². The van der Waals surface area contributed by atoms with Crippen molar-refractivity contribution in [3.8, 4) is 5.75 Å². The van der Waals surface area contributed by atoms with Gasteiger partial charge in [-0.25, -0.2) is 0 Å². The largest absolute Gasteiger partial charge is 0.497 e. The maximum atomic E-state index is 5.20. The van der Waals surface area contributed by atoms with Crippen LogP contribution in [0.1, 0.15) is 27.2 Å². The fraction of sp³-hybridized carbons (Fsp3) is 0.625. The first-order valence-corrected chi connectivity index (χ1v) is 7.10. The minimum atomic E-state index is 0.296. The molecule has 3 nitrogen and oxygen atoms in total. The number of ether oxygens (including phenoxy) is 1. The van der Waals surface area contributed by atoms with E-state index in [1.165, 1.54) is 12.1 Å². The zero-order chi connectivity index (χ0) is 14.3. The molecule has 0 amide bonds. The highest BCUT2D eigenvalue weighted by molar-refractivity contribution is 5.48. The predicted octanol–water partition coefficient (Wildman–Crippen LogP) is 3.16.